The van der Waals surface area contributed by atoms with Crippen LogP contribution in [-0.2, 0) is 27.9 Å². The molecule has 3 atom stereocenters. The maximum Gasteiger partial charge on any atom is 0.472 e. The summed E-state index contributed by atoms with van der Waals surface area (Å²) in [6.45, 7) is 7.03. The first kappa shape index (κ1) is 89.5. The van der Waals surface area contributed by atoms with Gasteiger partial charge >= 0.3 is 13.8 Å². The SMILES string of the molecule is CCCCC/C=C\C/C=C\C/C=C\C/C=C\CCCCCCCCCCCCCC(=O)NC(COP(=O)(O)OCC[N+](C)(C)C)C(/C=C/CCCCCCCCCCCC)OC(=O)CCCCCCCCCCCCCCCCCCC/C=C/CCCCCCCC. The van der Waals surface area contributed by atoms with Crippen molar-refractivity contribution in [3.05, 3.63) is 72.9 Å². The van der Waals surface area contributed by atoms with Crippen LogP contribution >= 0.6 is 7.82 Å². The standard InChI is InChI=1S/C82H153N2O7P/c1-7-10-13-16-19-22-25-28-30-32-34-36-38-40-42-44-46-48-50-52-54-56-59-62-65-68-71-74-81(85)83-79(78-90-92(87,88)89-77-76-84(4,5)6)80(73-70-67-64-61-58-27-24-21-18-15-12-9-3)91-82(86)75-72-69-66-63-60-57-55-53-51-49-47-45-43-41-39-37-35-33-31-29-26-23-20-17-14-11-8-2/h19,22,28-31,34,36,40,42,70,73,79-80H,7-18,20-21,23-27,32-33,35,37-39,41,43-69,71-72,74-78H2,1-6H3,(H-,83,85,87,88)/p+1/b22-19-,30-28-,31-29+,36-34-,42-40-,73-70+. The second-order valence-corrected chi connectivity index (χ2v) is 29.7. The van der Waals surface area contributed by atoms with Crippen LogP contribution in [0.2, 0.25) is 0 Å². The van der Waals surface area contributed by atoms with Gasteiger partial charge in [0.15, 0.2) is 0 Å². The number of ether oxygens (including phenoxy) is 1. The van der Waals surface area contributed by atoms with Gasteiger partial charge in [0.25, 0.3) is 0 Å². The highest BCUT2D eigenvalue weighted by Crippen LogP contribution is 2.43. The molecule has 0 radical (unpaired) electrons. The molecule has 10 heteroatoms. The topological polar surface area (TPSA) is 111 Å². The van der Waals surface area contributed by atoms with E-state index in [4.69, 9.17) is 13.8 Å². The second-order valence-electron chi connectivity index (χ2n) is 28.2. The fourth-order valence-corrected chi connectivity index (χ4v) is 12.5. The minimum atomic E-state index is -4.46. The molecule has 1 amide bonds. The largest absolute Gasteiger partial charge is 0.472 e. The normalized spacial score (nSPS) is 13.8. The molecule has 0 bridgehead atoms. The summed E-state index contributed by atoms with van der Waals surface area (Å²) in [5.74, 6) is -0.493. The highest BCUT2D eigenvalue weighted by molar-refractivity contribution is 7.47. The molecule has 0 saturated heterocycles. The van der Waals surface area contributed by atoms with E-state index in [1.807, 2.05) is 33.3 Å². The van der Waals surface area contributed by atoms with E-state index in [2.05, 4.69) is 86.8 Å². The van der Waals surface area contributed by atoms with Crippen LogP contribution < -0.4 is 5.32 Å². The highest BCUT2D eigenvalue weighted by Gasteiger charge is 2.30. The van der Waals surface area contributed by atoms with Crippen molar-refractivity contribution in [1.29, 1.82) is 0 Å². The number of esters is 1. The van der Waals surface area contributed by atoms with Crippen LogP contribution in [0.1, 0.15) is 387 Å². The van der Waals surface area contributed by atoms with E-state index >= 15 is 0 Å². The molecule has 0 aliphatic carbocycles. The number of carbonyl (C=O) groups excluding carboxylic acids is 2. The number of carbonyl (C=O) groups is 2. The highest BCUT2D eigenvalue weighted by atomic mass is 31.2. The first-order chi connectivity index (χ1) is 44.9. The lowest BCUT2D eigenvalue weighted by Gasteiger charge is -2.27. The van der Waals surface area contributed by atoms with Crippen LogP contribution in [0.15, 0.2) is 72.9 Å². The number of phosphoric ester groups is 1. The molecule has 0 fully saturated rings. The Kier molecular flexibility index (Phi) is 69.3. The van der Waals surface area contributed by atoms with Crippen molar-refractivity contribution in [1.82, 2.24) is 5.32 Å². The number of amides is 1. The van der Waals surface area contributed by atoms with Gasteiger partial charge < -0.3 is 19.4 Å². The zero-order chi connectivity index (χ0) is 67.0. The Bertz CT molecular complexity index is 1800. The average Bonchev–Trinajstić information content (AvgIpc) is 3.69. The van der Waals surface area contributed by atoms with Gasteiger partial charge in [0, 0.05) is 12.8 Å². The molecular weight excluding hydrogens is 1160 g/mol. The third-order valence-corrected chi connectivity index (χ3v) is 18.9. The van der Waals surface area contributed by atoms with Crippen molar-refractivity contribution in [2.24, 2.45) is 0 Å². The molecule has 0 rings (SSSR count). The number of hydrogen-bond donors (Lipinski definition) is 2. The Balaban J connectivity index is 4.92. The van der Waals surface area contributed by atoms with Crippen LogP contribution in [0.3, 0.4) is 0 Å². The third kappa shape index (κ3) is 71.7. The molecule has 0 heterocycles. The Morgan fingerprint density at radius 2 is 0.663 bits per heavy atom. The van der Waals surface area contributed by atoms with Crippen LogP contribution in [0.4, 0.5) is 0 Å². The van der Waals surface area contributed by atoms with Crippen LogP contribution in [0.5, 0.6) is 0 Å². The summed E-state index contributed by atoms with van der Waals surface area (Å²) in [7, 11) is 1.50. The zero-order valence-corrected chi connectivity index (χ0v) is 62.7. The van der Waals surface area contributed by atoms with Gasteiger partial charge in [-0.05, 0) is 102 Å². The molecular formula is C82H154N2O7P+. The summed E-state index contributed by atoms with van der Waals surface area (Å²) >= 11 is 0. The van der Waals surface area contributed by atoms with E-state index in [1.54, 1.807) is 0 Å². The van der Waals surface area contributed by atoms with Gasteiger partial charge in [0.1, 0.15) is 19.3 Å². The number of phosphoric acid groups is 1. The molecule has 0 aromatic rings. The number of allylic oxidation sites excluding steroid dienone is 11. The number of quaternary nitrogens is 1. The molecule has 0 aliphatic rings. The van der Waals surface area contributed by atoms with Crippen molar-refractivity contribution < 1.29 is 37.3 Å². The smallest absolute Gasteiger partial charge is 0.456 e. The molecule has 2 N–H and O–H groups in total. The Morgan fingerprint density at radius 3 is 1.02 bits per heavy atom. The maximum atomic E-state index is 13.7. The van der Waals surface area contributed by atoms with Crippen molar-refractivity contribution in [3.63, 3.8) is 0 Å². The summed E-state index contributed by atoms with van der Waals surface area (Å²) in [5.41, 5.74) is 0. The number of nitrogens with one attached hydrogen (secondary N) is 1. The molecule has 0 spiro atoms. The van der Waals surface area contributed by atoms with Gasteiger partial charge in [0.2, 0.25) is 5.91 Å². The number of hydrogen-bond acceptors (Lipinski definition) is 6. The predicted octanol–water partition coefficient (Wildman–Crippen LogP) is 25.9. The van der Waals surface area contributed by atoms with E-state index < -0.39 is 20.0 Å². The molecule has 0 aliphatic heterocycles. The van der Waals surface area contributed by atoms with E-state index in [9.17, 15) is 19.0 Å². The van der Waals surface area contributed by atoms with Crippen LogP contribution in [-0.4, -0.2) is 74.3 Å². The lowest BCUT2D eigenvalue weighted by atomic mass is 10.0. The molecule has 0 aromatic heterocycles. The molecule has 0 aromatic carbocycles. The van der Waals surface area contributed by atoms with Crippen LogP contribution in [0.25, 0.3) is 0 Å². The summed E-state index contributed by atoms with van der Waals surface area (Å²) in [4.78, 5) is 38.0. The summed E-state index contributed by atoms with van der Waals surface area (Å²) in [5, 5.41) is 3.08. The fourth-order valence-electron chi connectivity index (χ4n) is 11.7. The minimum Gasteiger partial charge on any atom is -0.456 e. The third-order valence-electron chi connectivity index (χ3n) is 17.9. The number of unbranched alkanes of at least 4 members (excludes halogenated alkanes) is 47. The van der Waals surface area contributed by atoms with E-state index in [-0.39, 0.29) is 25.1 Å². The zero-order valence-electron chi connectivity index (χ0n) is 61.8. The summed E-state index contributed by atoms with van der Waals surface area (Å²) in [6.07, 6.45) is 95.1. The minimum absolute atomic E-state index is 0.0395. The van der Waals surface area contributed by atoms with Crippen molar-refractivity contribution in [3.8, 4) is 0 Å². The molecule has 92 heavy (non-hydrogen) atoms. The number of nitrogens with zero attached hydrogens (tertiary/aromatic N) is 1. The van der Waals surface area contributed by atoms with Crippen molar-refractivity contribution >= 4 is 19.7 Å². The maximum absolute atomic E-state index is 13.7. The van der Waals surface area contributed by atoms with Gasteiger partial charge in [0.05, 0.1) is 33.8 Å². The monoisotopic (exact) mass is 1310 g/mol. The van der Waals surface area contributed by atoms with Crippen LogP contribution in [0, 0.1) is 0 Å². The van der Waals surface area contributed by atoms with Crippen molar-refractivity contribution in [2.45, 2.75) is 399 Å². The van der Waals surface area contributed by atoms with Gasteiger partial charge in [-0.3, -0.25) is 18.6 Å². The molecule has 538 valence electrons. The first-order valence-corrected chi connectivity index (χ1v) is 41.3. The second kappa shape index (κ2) is 71.2. The van der Waals surface area contributed by atoms with Crippen molar-refractivity contribution in [2.75, 3.05) is 40.9 Å². The predicted molar refractivity (Wildman–Crippen MR) is 401 cm³/mol. The van der Waals surface area contributed by atoms with E-state index in [1.165, 1.54) is 276 Å². The average molecular weight is 1310 g/mol. The Labute approximate surface area is 572 Å². The van der Waals surface area contributed by atoms with Gasteiger partial charge in [-0.1, -0.05) is 344 Å². The lowest BCUT2D eigenvalue weighted by Crippen LogP contribution is -2.47. The first-order valence-electron chi connectivity index (χ1n) is 39.8. The molecule has 0 saturated carbocycles. The van der Waals surface area contributed by atoms with Gasteiger partial charge in [-0.2, -0.15) is 0 Å². The van der Waals surface area contributed by atoms with Gasteiger partial charge in [-0.15, -0.1) is 0 Å². The van der Waals surface area contributed by atoms with E-state index in [0.29, 0.717) is 23.9 Å². The van der Waals surface area contributed by atoms with E-state index in [0.717, 1.165) is 77.0 Å². The van der Waals surface area contributed by atoms with Gasteiger partial charge in [-0.25, -0.2) is 4.57 Å². The Morgan fingerprint density at radius 1 is 0.380 bits per heavy atom. The molecule has 9 nitrogen and oxygen atoms in total. The fraction of sp³-hybridized carbons (Fsp3) is 0.829. The molecule has 3 unspecified atom stereocenters. The summed E-state index contributed by atoms with van der Waals surface area (Å²) in [6, 6.07) is -0.853. The quantitative estimate of drug-likeness (QED) is 0.0205. The lowest BCUT2D eigenvalue weighted by molar-refractivity contribution is -0.870. The Hall–Kier alpha value is -2.55. The number of likely N-dealkylation sites (N-methyl/N-ethyl adjacent to an activating group) is 1. The summed E-state index contributed by atoms with van der Waals surface area (Å²) < 4.78 is 30.9. The number of rotatable bonds is 73.